The summed E-state index contributed by atoms with van der Waals surface area (Å²) < 4.78 is 30.7. The van der Waals surface area contributed by atoms with Gasteiger partial charge in [-0.25, -0.2) is 8.42 Å². The van der Waals surface area contributed by atoms with Gasteiger partial charge in [0.1, 0.15) is 0 Å². The fraction of sp³-hybridized carbons (Fsp3) is 0.267. The summed E-state index contributed by atoms with van der Waals surface area (Å²) in [6.45, 7) is 6.54. The molecule has 1 aliphatic heterocycles. The Hall–Kier alpha value is -3.75. The number of aryl methyl sites for hydroxylation is 4. The van der Waals surface area contributed by atoms with Crippen molar-refractivity contribution in [1.82, 2.24) is 14.1 Å². The van der Waals surface area contributed by atoms with Gasteiger partial charge in [-0.15, -0.1) is 0 Å². The SMILES string of the molecule is Cc1ccc(C(=O)N(Cc2nn(C)c3c2CN(S(=O)(=O)c2cc(C)ccc2C)CC3)c2ccccc2)cc1. The summed E-state index contributed by atoms with van der Waals surface area (Å²) >= 11 is 0. The molecule has 0 fully saturated rings. The van der Waals surface area contributed by atoms with Crippen LogP contribution in [0.5, 0.6) is 0 Å². The molecule has 5 rings (SSSR count). The highest BCUT2D eigenvalue weighted by atomic mass is 32.2. The summed E-state index contributed by atoms with van der Waals surface area (Å²) in [5, 5.41) is 4.77. The summed E-state index contributed by atoms with van der Waals surface area (Å²) in [7, 11) is -1.81. The number of nitrogens with zero attached hydrogens (tertiary/aromatic N) is 4. The van der Waals surface area contributed by atoms with E-state index in [0.717, 1.165) is 33.6 Å². The first-order valence-corrected chi connectivity index (χ1v) is 14.1. The van der Waals surface area contributed by atoms with Gasteiger partial charge in [-0.2, -0.15) is 9.40 Å². The predicted molar refractivity (Wildman–Crippen MR) is 149 cm³/mol. The Morgan fingerprint density at radius 2 is 1.63 bits per heavy atom. The topological polar surface area (TPSA) is 75.5 Å². The summed E-state index contributed by atoms with van der Waals surface area (Å²) in [6.07, 6.45) is 0.556. The van der Waals surface area contributed by atoms with E-state index in [1.165, 1.54) is 4.31 Å². The van der Waals surface area contributed by atoms with Gasteiger partial charge in [-0.1, -0.05) is 48.0 Å². The number of anilines is 1. The van der Waals surface area contributed by atoms with Gasteiger partial charge in [-0.3, -0.25) is 9.48 Å². The number of rotatable bonds is 6. The van der Waals surface area contributed by atoms with Crippen LogP contribution in [0.2, 0.25) is 0 Å². The van der Waals surface area contributed by atoms with E-state index in [1.54, 1.807) is 11.0 Å². The summed E-state index contributed by atoms with van der Waals surface area (Å²) in [5.74, 6) is -0.133. The normalized spacial score (nSPS) is 13.8. The summed E-state index contributed by atoms with van der Waals surface area (Å²) in [4.78, 5) is 15.8. The lowest BCUT2D eigenvalue weighted by Gasteiger charge is -2.28. The number of benzene rings is 3. The van der Waals surface area contributed by atoms with Crippen LogP contribution in [0.15, 0.2) is 77.7 Å². The van der Waals surface area contributed by atoms with Crippen molar-refractivity contribution in [2.45, 2.75) is 45.2 Å². The molecule has 38 heavy (non-hydrogen) atoms. The maximum absolute atomic E-state index is 13.7. The Morgan fingerprint density at radius 1 is 0.947 bits per heavy atom. The van der Waals surface area contributed by atoms with Gasteiger partial charge < -0.3 is 4.90 Å². The van der Waals surface area contributed by atoms with Crippen LogP contribution in [-0.4, -0.2) is 35.0 Å². The number of sulfonamides is 1. The average molecular weight is 529 g/mol. The first-order chi connectivity index (χ1) is 18.1. The van der Waals surface area contributed by atoms with Crippen molar-refractivity contribution in [1.29, 1.82) is 0 Å². The highest BCUT2D eigenvalue weighted by Crippen LogP contribution is 2.30. The average Bonchev–Trinajstić information content (AvgIpc) is 3.23. The molecule has 0 unspecified atom stereocenters. The number of aromatic nitrogens is 2. The van der Waals surface area contributed by atoms with Crippen molar-refractivity contribution in [3.05, 3.63) is 112 Å². The van der Waals surface area contributed by atoms with Crippen LogP contribution in [0.3, 0.4) is 0 Å². The highest BCUT2D eigenvalue weighted by molar-refractivity contribution is 7.89. The molecule has 0 atom stereocenters. The van der Waals surface area contributed by atoms with Crippen LogP contribution in [0.25, 0.3) is 0 Å². The molecule has 2 heterocycles. The smallest absolute Gasteiger partial charge is 0.258 e. The fourth-order valence-corrected chi connectivity index (χ4v) is 6.71. The van der Waals surface area contributed by atoms with Crippen molar-refractivity contribution >= 4 is 21.6 Å². The van der Waals surface area contributed by atoms with Crippen LogP contribution in [0.1, 0.15) is 44.0 Å². The number of amides is 1. The summed E-state index contributed by atoms with van der Waals surface area (Å²) in [6, 6.07) is 22.5. The largest absolute Gasteiger partial charge is 0.302 e. The van der Waals surface area contributed by atoms with Crippen LogP contribution in [0.4, 0.5) is 5.69 Å². The molecule has 0 saturated heterocycles. The number of fused-ring (bicyclic) bond motifs is 1. The molecule has 0 bridgehead atoms. The van der Waals surface area contributed by atoms with Crippen molar-refractivity contribution in [3.63, 3.8) is 0 Å². The molecular formula is C30H32N4O3S. The van der Waals surface area contributed by atoms with Crippen molar-refractivity contribution in [2.75, 3.05) is 11.4 Å². The van der Waals surface area contributed by atoms with Crippen LogP contribution in [0, 0.1) is 20.8 Å². The zero-order valence-electron chi connectivity index (χ0n) is 22.2. The van der Waals surface area contributed by atoms with Gasteiger partial charge in [0.05, 0.1) is 17.1 Å². The maximum Gasteiger partial charge on any atom is 0.258 e. The summed E-state index contributed by atoms with van der Waals surface area (Å²) in [5.41, 5.74) is 6.63. The Bertz CT molecular complexity index is 1590. The Kier molecular flexibility index (Phi) is 6.94. The number of carbonyl (C=O) groups excluding carboxylic acids is 1. The lowest BCUT2D eigenvalue weighted by atomic mass is 10.1. The molecule has 0 saturated carbocycles. The Morgan fingerprint density at radius 3 is 2.34 bits per heavy atom. The third-order valence-electron chi connectivity index (χ3n) is 7.17. The van der Waals surface area contributed by atoms with E-state index in [1.807, 2.05) is 99.2 Å². The molecule has 4 aromatic rings. The molecule has 0 spiro atoms. The first-order valence-electron chi connectivity index (χ1n) is 12.7. The molecule has 1 aromatic heterocycles. The van der Waals surface area contributed by atoms with Gasteiger partial charge in [-0.05, 0) is 62.2 Å². The van der Waals surface area contributed by atoms with Crippen LogP contribution >= 0.6 is 0 Å². The second kappa shape index (κ2) is 10.2. The van der Waals surface area contributed by atoms with Crippen molar-refractivity contribution < 1.29 is 13.2 Å². The van der Waals surface area contributed by atoms with Gasteiger partial charge in [0.2, 0.25) is 10.0 Å². The minimum atomic E-state index is -3.69. The second-order valence-corrected chi connectivity index (χ2v) is 11.9. The van der Waals surface area contributed by atoms with Crippen LogP contribution in [-0.2, 0) is 36.6 Å². The third kappa shape index (κ3) is 4.89. The van der Waals surface area contributed by atoms with Gasteiger partial charge in [0, 0.05) is 49.1 Å². The van der Waals surface area contributed by atoms with Gasteiger partial charge >= 0.3 is 0 Å². The molecule has 0 radical (unpaired) electrons. The van der Waals surface area contributed by atoms with E-state index in [-0.39, 0.29) is 19.0 Å². The minimum absolute atomic E-state index is 0.133. The fourth-order valence-electron chi connectivity index (χ4n) is 4.99. The number of hydrogen-bond donors (Lipinski definition) is 0. The molecule has 0 aliphatic carbocycles. The lowest BCUT2D eigenvalue weighted by Crippen LogP contribution is -2.37. The van der Waals surface area contributed by atoms with E-state index in [9.17, 15) is 13.2 Å². The number of carbonyl (C=O) groups is 1. The number of para-hydroxylation sites is 1. The molecule has 8 heteroatoms. The first kappa shape index (κ1) is 25.9. The third-order valence-corrected chi connectivity index (χ3v) is 9.16. The quantitative estimate of drug-likeness (QED) is 0.355. The van der Waals surface area contributed by atoms with Crippen LogP contribution < -0.4 is 4.90 Å². The van der Waals surface area contributed by atoms with E-state index in [4.69, 9.17) is 5.10 Å². The second-order valence-electron chi connectivity index (χ2n) is 9.95. The zero-order valence-corrected chi connectivity index (χ0v) is 23.0. The Labute approximate surface area is 224 Å². The molecule has 0 N–H and O–H groups in total. The molecule has 3 aromatic carbocycles. The van der Waals surface area contributed by atoms with E-state index < -0.39 is 10.0 Å². The van der Waals surface area contributed by atoms with Gasteiger partial charge in [0.25, 0.3) is 5.91 Å². The highest BCUT2D eigenvalue weighted by Gasteiger charge is 2.33. The molecule has 1 amide bonds. The molecule has 1 aliphatic rings. The van der Waals surface area contributed by atoms with Crippen molar-refractivity contribution in [3.8, 4) is 0 Å². The van der Waals surface area contributed by atoms with E-state index in [2.05, 4.69) is 0 Å². The molecular weight excluding hydrogens is 496 g/mol. The zero-order chi connectivity index (χ0) is 27.0. The van der Waals surface area contributed by atoms with E-state index >= 15 is 0 Å². The predicted octanol–water partition coefficient (Wildman–Crippen LogP) is 4.94. The van der Waals surface area contributed by atoms with E-state index in [0.29, 0.717) is 29.1 Å². The van der Waals surface area contributed by atoms with Crippen molar-refractivity contribution in [2.24, 2.45) is 7.05 Å². The monoisotopic (exact) mass is 528 g/mol. The molecule has 196 valence electrons. The minimum Gasteiger partial charge on any atom is -0.302 e. The standard InChI is InChI=1S/C30H32N4O3S/c1-21-11-14-24(15-12-21)30(35)34(25-8-6-5-7-9-25)20-27-26-19-33(17-16-28(26)32(4)31-27)38(36,37)29-18-22(2)10-13-23(29)3/h5-15,18H,16-17,19-20H2,1-4H3. The Balaban J connectivity index is 1.50. The lowest BCUT2D eigenvalue weighted by molar-refractivity contribution is 0.0984. The number of hydrogen-bond acceptors (Lipinski definition) is 4. The van der Waals surface area contributed by atoms with Gasteiger partial charge in [0.15, 0.2) is 0 Å². The molecule has 7 nitrogen and oxygen atoms in total. The maximum atomic E-state index is 13.7.